The van der Waals surface area contributed by atoms with Crippen LogP contribution in [0.25, 0.3) is 0 Å². The molecular formula is C17H17FO2. The highest BCUT2D eigenvalue weighted by atomic mass is 19.1. The Labute approximate surface area is 117 Å². The van der Waals surface area contributed by atoms with Crippen molar-refractivity contribution in [1.29, 1.82) is 0 Å². The zero-order valence-corrected chi connectivity index (χ0v) is 11.3. The standard InChI is InChI=1S/C17H17FO2/c1-11(19)12-6-7-17(16(18)9-12)20-10-14-8-13-4-2-3-5-15(13)14/h2-7,9,11,14,19H,8,10H2,1H3. The molecule has 0 saturated heterocycles. The summed E-state index contributed by atoms with van der Waals surface area (Å²) in [5.74, 6) is 0.178. The predicted octanol–water partition coefficient (Wildman–Crippen LogP) is 3.60. The second-order valence-electron chi connectivity index (χ2n) is 5.28. The van der Waals surface area contributed by atoms with Crippen molar-refractivity contribution in [3.63, 3.8) is 0 Å². The second-order valence-corrected chi connectivity index (χ2v) is 5.28. The molecule has 1 aliphatic rings. The van der Waals surface area contributed by atoms with Gasteiger partial charge in [0.2, 0.25) is 0 Å². The summed E-state index contributed by atoms with van der Waals surface area (Å²) >= 11 is 0. The number of hydrogen-bond donors (Lipinski definition) is 1. The van der Waals surface area contributed by atoms with Gasteiger partial charge < -0.3 is 9.84 Å². The van der Waals surface area contributed by atoms with E-state index in [1.165, 1.54) is 17.2 Å². The molecule has 0 radical (unpaired) electrons. The van der Waals surface area contributed by atoms with E-state index in [-0.39, 0.29) is 5.75 Å². The lowest BCUT2D eigenvalue weighted by Gasteiger charge is -2.29. The minimum absolute atomic E-state index is 0.249. The topological polar surface area (TPSA) is 29.5 Å². The number of rotatable bonds is 4. The minimum Gasteiger partial charge on any atom is -0.490 e. The number of ether oxygens (including phenoxy) is 1. The molecule has 20 heavy (non-hydrogen) atoms. The van der Waals surface area contributed by atoms with Crippen molar-refractivity contribution in [3.8, 4) is 5.75 Å². The van der Waals surface area contributed by atoms with Crippen LogP contribution >= 0.6 is 0 Å². The number of hydrogen-bond acceptors (Lipinski definition) is 2. The minimum atomic E-state index is -0.669. The van der Waals surface area contributed by atoms with Crippen molar-refractivity contribution in [3.05, 3.63) is 65.0 Å². The molecule has 0 heterocycles. The molecular weight excluding hydrogens is 255 g/mol. The summed E-state index contributed by atoms with van der Waals surface area (Å²) in [6, 6.07) is 12.9. The highest BCUT2D eigenvalue weighted by Gasteiger charge is 2.26. The molecule has 1 aliphatic carbocycles. The average Bonchev–Trinajstić information content (AvgIpc) is 2.41. The molecule has 3 heteroatoms. The van der Waals surface area contributed by atoms with Crippen LogP contribution in [0.15, 0.2) is 42.5 Å². The van der Waals surface area contributed by atoms with Crippen LogP contribution < -0.4 is 4.74 Å². The average molecular weight is 272 g/mol. The van der Waals surface area contributed by atoms with Crippen LogP contribution in [0.3, 0.4) is 0 Å². The summed E-state index contributed by atoms with van der Waals surface area (Å²) in [4.78, 5) is 0. The number of fused-ring (bicyclic) bond motifs is 1. The summed E-state index contributed by atoms with van der Waals surface area (Å²) in [5.41, 5.74) is 3.21. The van der Waals surface area contributed by atoms with Gasteiger partial charge in [0.25, 0.3) is 0 Å². The van der Waals surface area contributed by atoms with Crippen molar-refractivity contribution in [2.24, 2.45) is 0 Å². The molecule has 2 atom stereocenters. The molecule has 0 aliphatic heterocycles. The lowest BCUT2D eigenvalue weighted by molar-refractivity contribution is 0.198. The Morgan fingerprint density at radius 3 is 2.80 bits per heavy atom. The third-order valence-electron chi connectivity index (χ3n) is 3.84. The number of benzene rings is 2. The van der Waals surface area contributed by atoms with Crippen molar-refractivity contribution in [1.82, 2.24) is 0 Å². The van der Waals surface area contributed by atoms with Gasteiger partial charge in [-0.25, -0.2) is 4.39 Å². The van der Waals surface area contributed by atoms with Gasteiger partial charge in [-0.3, -0.25) is 0 Å². The van der Waals surface area contributed by atoms with Crippen molar-refractivity contribution >= 4 is 0 Å². The Hall–Kier alpha value is -1.87. The number of aliphatic hydroxyl groups excluding tert-OH is 1. The molecule has 0 bridgehead atoms. The molecule has 2 aromatic rings. The lowest BCUT2D eigenvalue weighted by Crippen LogP contribution is -2.23. The maximum atomic E-state index is 13.8. The van der Waals surface area contributed by atoms with E-state index < -0.39 is 11.9 Å². The van der Waals surface area contributed by atoms with Crippen LogP contribution in [-0.4, -0.2) is 11.7 Å². The molecule has 2 unspecified atom stereocenters. The smallest absolute Gasteiger partial charge is 0.165 e. The molecule has 0 saturated carbocycles. The van der Waals surface area contributed by atoms with Crippen molar-refractivity contribution in [2.45, 2.75) is 25.4 Å². The van der Waals surface area contributed by atoms with Gasteiger partial charge in [-0.15, -0.1) is 0 Å². The van der Waals surface area contributed by atoms with E-state index in [2.05, 4.69) is 12.1 Å². The Morgan fingerprint density at radius 2 is 2.10 bits per heavy atom. The number of aliphatic hydroxyl groups is 1. The third-order valence-corrected chi connectivity index (χ3v) is 3.84. The van der Waals surface area contributed by atoms with E-state index in [0.717, 1.165) is 6.42 Å². The van der Waals surface area contributed by atoms with Crippen molar-refractivity contribution in [2.75, 3.05) is 6.61 Å². The zero-order chi connectivity index (χ0) is 14.1. The summed E-state index contributed by atoms with van der Waals surface area (Å²) in [6.45, 7) is 2.10. The maximum Gasteiger partial charge on any atom is 0.165 e. The second kappa shape index (κ2) is 5.25. The highest BCUT2D eigenvalue weighted by molar-refractivity contribution is 5.40. The summed E-state index contributed by atoms with van der Waals surface area (Å²) in [6.07, 6.45) is 0.320. The summed E-state index contributed by atoms with van der Waals surface area (Å²) in [7, 11) is 0. The Bertz CT molecular complexity index is 622. The van der Waals surface area contributed by atoms with E-state index >= 15 is 0 Å². The largest absolute Gasteiger partial charge is 0.490 e. The molecule has 104 valence electrons. The Kier molecular flexibility index (Phi) is 3.45. The first-order chi connectivity index (χ1) is 9.65. The van der Waals surface area contributed by atoms with Gasteiger partial charge in [-0.1, -0.05) is 30.3 Å². The number of halogens is 1. The molecule has 0 aromatic heterocycles. The van der Waals surface area contributed by atoms with Crippen molar-refractivity contribution < 1.29 is 14.2 Å². The van der Waals surface area contributed by atoms with Gasteiger partial charge in [0.1, 0.15) is 0 Å². The van der Waals surface area contributed by atoms with Crippen LogP contribution in [0.2, 0.25) is 0 Å². The van der Waals surface area contributed by atoms with Gasteiger partial charge >= 0.3 is 0 Å². The zero-order valence-electron chi connectivity index (χ0n) is 11.3. The molecule has 0 amide bonds. The van der Waals surface area contributed by atoms with E-state index in [1.807, 2.05) is 12.1 Å². The lowest BCUT2D eigenvalue weighted by atomic mass is 9.78. The quantitative estimate of drug-likeness (QED) is 0.921. The Morgan fingerprint density at radius 1 is 1.30 bits per heavy atom. The van der Waals surface area contributed by atoms with E-state index in [4.69, 9.17) is 4.74 Å². The van der Waals surface area contributed by atoms with Gasteiger partial charge in [-0.2, -0.15) is 0 Å². The van der Waals surface area contributed by atoms with Crippen LogP contribution in [0.4, 0.5) is 4.39 Å². The van der Waals surface area contributed by atoms with Crippen LogP contribution in [-0.2, 0) is 6.42 Å². The molecule has 3 rings (SSSR count). The van der Waals surface area contributed by atoms with Crippen LogP contribution in [0, 0.1) is 5.82 Å². The molecule has 0 fully saturated rings. The van der Waals surface area contributed by atoms with E-state index in [9.17, 15) is 9.50 Å². The molecule has 2 aromatic carbocycles. The molecule has 0 spiro atoms. The first-order valence-corrected chi connectivity index (χ1v) is 6.83. The SMILES string of the molecule is CC(O)c1ccc(OCC2Cc3ccccc32)c(F)c1. The van der Waals surface area contributed by atoms with E-state index in [1.54, 1.807) is 19.1 Å². The fourth-order valence-corrected chi connectivity index (χ4v) is 2.60. The predicted molar refractivity (Wildman–Crippen MR) is 75.4 cm³/mol. The molecule has 1 N–H and O–H groups in total. The normalized spacial score (nSPS) is 18.1. The summed E-state index contributed by atoms with van der Waals surface area (Å²) < 4.78 is 19.4. The highest BCUT2D eigenvalue weighted by Crippen LogP contribution is 2.35. The van der Waals surface area contributed by atoms with Crippen LogP contribution in [0.1, 0.15) is 35.6 Å². The first-order valence-electron chi connectivity index (χ1n) is 6.83. The first kappa shape index (κ1) is 13.1. The van der Waals surface area contributed by atoms with Gasteiger partial charge in [-0.05, 0) is 42.2 Å². The summed E-state index contributed by atoms with van der Waals surface area (Å²) in [5, 5.41) is 9.41. The maximum absolute atomic E-state index is 13.8. The fourth-order valence-electron chi connectivity index (χ4n) is 2.60. The Balaban J connectivity index is 1.65. The van der Waals surface area contributed by atoms with Gasteiger partial charge in [0, 0.05) is 5.92 Å². The van der Waals surface area contributed by atoms with Gasteiger partial charge in [0.15, 0.2) is 11.6 Å². The fraction of sp³-hybridized carbons (Fsp3) is 0.294. The molecule has 2 nitrogen and oxygen atoms in total. The monoisotopic (exact) mass is 272 g/mol. The van der Waals surface area contributed by atoms with Crippen LogP contribution in [0.5, 0.6) is 5.75 Å². The van der Waals surface area contributed by atoms with E-state index in [0.29, 0.717) is 18.1 Å². The third kappa shape index (κ3) is 2.41. The van der Waals surface area contributed by atoms with Gasteiger partial charge in [0.05, 0.1) is 12.7 Å².